The highest BCUT2D eigenvalue weighted by atomic mass is 35.5. The third-order valence-corrected chi connectivity index (χ3v) is 5.80. The number of hydrogen-bond acceptors (Lipinski definition) is 3. The lowest BCUT2D eigenvalue weighted by Crippen LogP contribution is -3.19. The van der Waals surface area contributed by atoms with Gasteiger partial charge in [0.15, 0.2) is 6.04 Å². The van der Waals surface area contributed by atoms with Crippen LogP contribution in [0.1, 0.15) is 16.8 Å². The Bertz CT molecular complexity index is 961. The van der Waals surface area contributed by atoms with Gasteiger partial charge in [-0.2, -0.15) is 0 Å². The van der Waals surface area contributed by atoms with Crippen LogP contribution in [0.5, 0.6) is 0 Å². The van der Waals surface area contributed by atoms with E-state index in [1.807, 2.05) is 18.2 Å². The van der Waals surface area contributed by atoms with E-state index in [1.165, 1.54) is 12.1 Å². The molecule has 3 amide bonds. The van der Waals surface area contributed by atoms with E-state index in [0.29, 0.717) is 31.7 Å². The molecule has 2 saturated heterocycles. The van der Waals surface area contributed by atoms with Crippen molar-refractivity contribution in [3.8, 4) is 0 Å². The number of anilines is 1. The van der Waals surface area contributed by atoms with E-state index >= 15 is 0 Å². The summed E-state index contributed by atoms with van der Waals surface area (Å²) in [7, 11) is 0. The second-order valence-electron chi connectivity index (χ2n) is 7.24. The summed E-state index contributed by atoms with van der Waals surface area (Å²) >= 11 is 5.80. The Morgan fingerprint density at radius 1 is 1.07 bits per heavy atom. The van der Waals surface area contributed by atoms with Gasteiger partial charge in [0.1, 0.15) is 5.82 Å². The van der Waals surface area contributed by atoms with Crippen molar-refractivity contribution in [1.82, 2.24) is 4.90 Å². The molecule has 29 heavy (non-hydrogen) atoms. The molecule has 2 heterocycles. The van der Waals surface area contributed by atoms with E-state index in [0.717, 1.165) is 15.9 Å². The first-order chi connectivity index (χ1) is 14.0. The quantitative estimate of drug-likeness (QED) is 0.764. The standard InChI is InChI=1S/C21H19ClFN3O3/c22-16-12-15(6-7-17(16)23)26-19(27)13-18(21(26)29)24-8-10-25(11-9-24)20(28)14-4-2-1-3-5-14/h1-7,12,18H,8-11,13H2/p+1/t18-/m1/s1. The van der Waals surface area contributed by atoms with Crippen LogP contribution in [-0.2, 0) is 9.59 Å². The molecule has 150 valence electrons. The lowest BCUT2D eigenvalue weighted by Gasteiger charge is -2.34. The molecule has 0 unspecified atom stereocenters. The monoisotopic (exact) mass is 416 g/mol. The van der Waals surface area contributed by atoms with Crippen molar-refractivity contribution in [2.24, 2.45) is 0 Å². The van der Waals surface area contributed by atoms with Crippen LogP contribution in [0, 0.1) is 5.82 Å². The molecule has 0 bridgehead atoms. The van der Waals surface area contributed by atoms with Gasteiger partial charge in [0, 0.05) is 5.56 Å². The first-order valence-corrected chi connectivity index (χ1v) is 9.84. The summed E-state index contributed by atoms with van der Waals surface area (Å²) in [5.41, 5.74) is 0.925. The summed E-state index contributed by atoms with van der Waals surface area (Å²) in [6.45, 7) is 2.20. The minimum atomic E-state index is -0.601. The molecule has 2 aliphatic rings. The van der Waals surface area contributed by atoms with Crippen molar-refractivity contribution in [2.45, 2.75) is 12.5 Å². The molecule has 2 aromatic carbocycles. The molecular formula is C21H20ClFN3O3+. The zero-order chi connectivity index (χ0) is 20.5. The number of benzene rings is 2. The van der Waals surface area contributed by atoms with E-state index in [9.17, 15) is 18.8 Å². The Balaban J connectivity index is 1.42. The number of imide groups is 1. The number of nitrogens with one attached hydrogen (secondary N) is 1. The molecule has 2 fully saturated rings. The topological polar surface area (TPSA) is 62.1 Å². The van der Waals surface area contributed by atoms with Gasteiger partial charge in [0.05, 0.1) is 43.3 Å². The molecule has 4 rings (SSSR count). The Hall–Kier alpha value is -2.77. The number of amides is 3. The van der Waals surface area contributed by atoms with Gasteiger partial charge in [0.25, 0.3) is 11.8 Å². The third kappa shape index (κ3) is 3.75. The number of nitrogens with zero attached hydrogens (tertiary/aromatic N) is 2. The molecule has 6 nitrogen and oxygen atoms in total. The van der Waals surface area contributed by atoms with E-state index in [-0.39, 0.29) is 34.9 Å². The van der Waals surface area contributed by atoms with Crippen LogP contribution >= 0.6 is 11.6 Å². The molecule has 0 saturated carbocycles. The number of carbonyl (C=O) groups excluding carboxylic acids is 3. The SMILES string of the molecule is O=C(c1ccccc1)N1CC[NH+]([C@@H]2CC(=O)N(c3ccc(F)c(Cl)c3)C2=O)CC1. The second kappa shape index (κ2) is 7.93. The molecule has 0 aromatic heterocycles. The Morgan fingerprint density at radius 3 is 2.41 bits per heavy atom. The van der Waals surface area contributed by atoms with Crippen molar-refractivity contribution >= 4 is 35.0 Å². The number of carbonyl (C=O) groups is 3. The van der Waals surface area contributed by atoms with E-state index in [4.69, 9.17) is 11.6 Å². The molecule has 0 radical (unpaired) electrons. The molecule has 0 spiro atoms. The van der Waals surface area contributed by atoms with Crippen LogP contribution in [0.3, 0.4) is 0 Å². The summed E-state index contributed by atoms with van der Waals surface area (Å²) in [4.78, 5) is 41.8. The number of piperazine rings is 1. The average molecular weight is 417 g/mol. The second-order valence-corrected chi connectivity index (χ2v) is 7.65. The fraction of sp³-hybridized carbons (Fsp3) is 0.286. The van der Waals surface area contributed by atoms with Crippen molar-refractivity contribution in [3.05, 3.63) is 64.9 Å². The maximum atomic E-state index is 13.4. The molecule has 0 aliphatic carbocycles. The van der Waals surface area contributed by atoms with Gasteiger partial charge >= 0.3 is 0 Å². The van der Waals surface area contributed by atoms with Crippen molar-refractivity contribution in [3.63, 3.8) is 0 Å². The van der Waals surface area contributed by atoms with Gasteiger partial charge in [0.2, 0.25) is 5.91 Å². The molecule has 1 atom stereocenters. The van der Waals surface area contributed by atoms with Gasteiger partial charge < -0.3 is 9.80 Å². The zero-order valence-corrected chi connectivity index (χ0v) is 16.4. The Morgan fingerprint density at radius 2 is 1.76 bits per heavy atom. The van der Waals surface area contributed by atoms with Crippen LogP contribution in [0.4, 0.5) is 10.1 Å². The number of quaternary nitrogens is 1. The predicted octanol–water partition coefficient (Wildman–Crippen LogP) is 1.15. The third-order valence-electron chi connectivity index (χ3n) is 5.51. The van der Waals surface area contributed by atoms with Gasteiger partial charge in [-0.25, -0.2) is 9.29 Å². The summed E-state index contributed by atoms with van der Waals surface area (Å²) in [5.74, 6) is -1.26. The predicted molar refractivity (Wildman–Crippen MR) is 105 cm³/mol. The van der Waals surface area contributed by atoms with Crippen LogP contribution in [0.25, 0.3) is 0 Å². The summed E-state index contributed by atoms with van der Waals surface area (Å²) < 4.78 is 13.4. The lowest BCUT2D eigenvalue weighted by molar-refractivity contribution is -0.918. The normalized spacial score (nSPS) is 20.4. The number of rotatable bonds is 3. The highest BCUT2D eigenvalue weighted by Gasteiger charge is 2.46. The Labute approximate surface area is 172 Å². The van der Waals surface area contributed by atoms with Gasteiger partial charge in [-0.05, 0) is 30.3 Å². The van der Waals surface area contributed by atoms with E-state index in [1.54, 1.807) is 17.0 Å². The zero-order valence-electron chi connectivity index (χ0n) is 15.6. The largest absolute Gasteiger partial charge is 0.327 e. The van der Waals surface area contributed by atoms with Crippen LogP contribution in [0.2, 0.25) is 5.02 Å². The molecular weight excluding hydrogens is 397 g/mol. The number of halogens is 2. The van der Waals surface area contributed by atoms with Crippen molar-refractivity contribution in [2.75, 3.05) is 31.1 Å². The number of hydrogen-bond donors (Lipinski definition) is 1. The average Bonchev–Trinajstić information content (AvgIpc) is 3.04. The smallest absolute Gasteiger partial charge is 0.292 e. The molecule has 8 heteroatoms. The molecule has 2 aromatic rings. The van der Waals surface area contributed by atoms with Gasteiger partial charge in [-0.15, -0.1) is 0 Å². The fourth-order valence-corrected chi connectivity index (χ4v) is 4.13. The maximum absolute atomic E-state index is 13.4. The fourth-order valence-electron chi connectivity index (χ4n) is 3.96. The van der Waals surface area contributed by atoms with Crippen molar-refractivity contribution < 1.29 is 23.7 Å². The highest BCUT2D eigenvalue weighted by Crippen LogP contribution is 2.26. The van der Waals surface area contributed by atoms with Gasteiger partial charge in [-0.1, -0.05) is 29.8 Å². The van der Waals surface area contributed by atoms with Crippen molar-refractivity contribution in [1.29, 1.82) is 0 Å². The first-order valence-electron chi connectivity index (χ1n) is 9.46. The maximum Gasteiger partial charge on any atom is 0.292 e. The summed E-state index contributed by atoms with van der Waals surface area (Å²) in [5, 5.41) is -0.132. The summed E-state index contributed by atoms with van der Waals surface area (Å²) in [6.07, 6.45) is 0.0930. The Kier molecular flexibility index (Phi) is 5.34. The first kappa shape index (κ1) is 19.5. The minimum absolute atomic E-state index is 0.0268. The van der Waals surface area contributed by atoms with E-state index in [2.05, 4.69) is 0 Å². The van der Waals surface area contributed by atoms with Gasteiger partial charge in [-0.3, -0.25) is 14.4 Å². The molecule has 1 N–H and O–H groups in total. The minimum Gasteiger partial charge on any atom is -0.327 e. The summed E-state index contributed by atoms with van der Waals surface area (Å²) in [6, 6.07) is 12.4. The van der Waals surface area contributed by atoms with E-state index < -0.39 is 11.9 Å². The van der Waals surface area contributed by atoms with Crippen LogP contribution in [-0.4, -0.2) is 54.8 Å². The lowest BCUT2D eigenvalue weighted by atomic mass is 10.1. The van der Waals surface area contributed by atoms with Crippen LogP contribution < -0.4 is 9.80 Å². The van der Waals surface area contributed by atoms with Crippen LogP contribution in [0.15, 0.2) is 48.5 Å². The molecule has 2 aliphatic heterocycles. The highest BCUT2D eigenvalue weighted by molar-refractivity contribution is 6.31.